The number of urea groups is 1. The number of aromatic nitrogens is 2. The van der Waals surface area contributed by atoms with Crippen molar-refractivity contribution in [3.8, 4) is 0 Å². The van der Waals surface area contributed by atoms with Gasteiger partial charge in [0.05, 0.1) is 23.0 Å². The zero-order chi connectivity index (χ0) is 21.1. The van der Waals surface area contributed by atoms with E-state index in [9.17, 15) is 18.4 Å². The molecule has 156 valence electrons. The topological polar surface area (TPSA) is 79.3 Å². The quantitative estimate of drug-likeness (QED) is 0.673. The number of nitrogens with one attached hydrogen (secondary N) is 2. The van der Waals surface area contributed by atoms with Gasteiger partial charge in [-0.15, -0.1) is 0 Å². The van der Waals surface area contributed by atoms with Crippen molar-refractivity contribution in [3.05, 3.63) is 59.9 Å². The van der Waals surface area contributed by atoms with Gasteiger partial charge >= 0.3 is 6.03 Å². The number of likely N-dealkylation sites (tertiary alicyclic amines) is 1. The van der Waals surface area contributed by atoms with E-state index in [0.717, 1.165) is 43.6 Å². The van der Waals surface area contributed by atoms with E-state index >= 15 is 0 Å². The molecule has 1 saturated heterocycles. The van der Waals surface area contributed by atoms with E-state index in [1.165, 1.54) is 0 Å². The van der Waals surface area contributed by atoms with Crippen LogP contribution in [0.2, 0.25) is 0 Å². The van der Waals surface area contributed by atoms with E-state index in [1.54, 1.807) is 18.5 Å². The Bertz CT molecular complexity index is 1090. The van der Waals surface area contributed by atoms with Gasteiger partial charge in [0.1, 0.15) is 11.6 Å². The first-order valence-electron chi connectivity index (χ1n) is 9.75. The fourth-order valence-electron chi connectivity index (χ4n) is 3.53. The summed E-state index contributed by atoms with van der Waals surface area (Å²) in [5.41, 5.74) is 2.07. The molecule has 1 aliphatic rings. The van der Waals surface area contributed by atoms with Crippen molar-refractivity contribution in [1.82, 2.24) is 19.8 Å². The Morgan fingerprint density at radius 3 is 2.63 bits per heavy atom. The molecule has 0 atom stereocenters. The largest absolute Gasteiger partial charge is 0.339 e. The Kier molecular flexibility index (Phi) is 5.60. The molecule has 0 radical (unpaired) electrons. The lowest BCUT2D eigenvalue weighted by atomic mass is 10.1. The van der Waals surface area contributed by atoms with Gasteiger partial charge in [0.25, 0.3) is 5.91 Å². The van der Waals surface area contributed by atoms with Gasteiger partial charge in [-0.05, 0) is 43.2 Å². The average Bonchev–Trinajstić information content (AvgIpc) is 3.40. The molecule has 0 bridgehead atoms. The number of benzene rings is 2. The van der Waals surface area contributed by atoms with Crippen LogP contribution in [0.5, 0.6) is 0 Å². The van der Waals surface area contributed by atoms with Gasteiger partial charge in [-0.3, -0.25) is 4.79 Å². The third-order valence-electron chi connectivity index (χ3n) is 5.08. The molecule has 1 aliphatic heterocycles. The molecule has 0 aliphatic carbocycles. The number of hydrogen-bond donors (Lipinski definition) is 2. The summed E-state index contributed by atoms with van der Waals surface area (Å²) in [5.74, 6) is -1.53. The molecular formula is C21H21F2N5O2. The lowest BCUT2D eigenvalue weighted by Gasteiger charge is -2.15. The first-order chi connectivity index (χ1) is 14.5. The maximum Gasteiger partial charge on any atom is 0.319 e. The van der Waals surface area contributed by atoms with Crippen molar-refractivity contribution in [1.29, 1.82) is 0 Å². The highest BCUT2D eigenvalue weighted by molar-refractivity contribution is 5.97. The maximum atomic E-state index is 13.6. The fourth-order valence-corrected chi connectivity index (χ4v) is 3.53. The number of nitrogens with zero attached hydrogens (tertiary/aromatic N) is 3. The molecule has 30 heavy (non-hydrogen) atoms. The zero-order valence-corrected chi connectivity index (χ0v) is 16.2. The SMILES string of the molecule is O=C(NCCn1cnc2cc(C(=O)N3CCCC3)ccc21)Nc1ccc(F)cc1F. The van der Waals surface area contributed by atoms with Crippen LogP contribution in [0, 0.1) is 11.6 Å². The molecule has 0 spiro atoms. The van der Waals surface area contributed by atoms with E-state index in [-0.39, 0.29) is 18.1 Å². The van der Waals surface area contributed by atoms with Gasteiger partial charge in [0.2, 0.25) is 0 Å². The van der Waals surface area contributed by atoms with E-state index in [2.05, 4.69) is 15.6 Å². The zero-order valence-electron chi connectivity index (χ0n) is 16.2. The molecule has 3 amide bonds. The number of halogens is 2. The number of amides is 3. The highest BCUT2D eigenvalue weighted by atomic mass is 19.1. The maximum absolute atomic E-state index is 13.6. The number of fused-ring (bicyclic) bond motifs is 1. The van der Waals surface area contributed by atoms with Gasteiger partial charge in [-0.25, -0.2) is 18.6 Å². The number of carbonyl (C=O) groups excluding carboxylic acids is 2. The van der Waals surface area contributed by atoms with Gasteiger partial charge < -0.3 is 20.1 Å². The Hall–Kier alpha value is -3.49. The normalized spacial score (nSPS) is 13.6. The first kappa shape index (κ1) is 19.8. The minimum atomic E-state index is -0.843. The molecule has 2 N–H and O–H groups in total. The standard InChI is InChI=1S/C21H21F2N5O2/c22-15-4-5-17(16(23)12-15)26-21(30)24-7-10-28-13-25-18-11-14(3-6-19(18)28)20(29)27-8-1-2-9-27/h3-6,11-13H,1-2,7-10H2,(H2,24,26,30). The second-order valence-corrected chi connectivity index (χ2v) is 7.15. The third kappa shape index (κ3) is 4.24. The predicted octanol–water partition coefficient (Wildman–Crippen LogP) is 3.37. The van der Waals surface area contributed by atoms with Crippen LogP contribution in [0.25, 0.3) is 11.0 Å². The van der Waals surface area contributed by atoms with Crippen LogP contribution in [-0.4, -0.2) is 46.0 Å². The van der Waals surface area contributed by atoms with Gasteiger partial charge in [-0.1, -0.05) is 0 Å². The Balaban J connectivity index is 1.35. The van der Waals surface area contributed by atoms with Crippen molar-refractivity contribution >= 4 is 28.7 Å². The summed E-state index contributed by atoms with van der Waals surface area (Å²) in [5, 5.41) is 4.97. The van der Waals surface area contributed by atoms with E-state index in [0.29, 0.717) is 23.7 Å². The highest BCUT2D eigenvalue weighted by Gasteiger charge is 2.20. The Morgan fingerprint density at radius 2 is 1.87 bits per heavy atom. The first-order valence-corrected chi connectivity index (χ1v) is 9.75. The van der Waals surface area contributed by atoms with E-state index in [1.807, 2.05) is 15.5 Å². The number of carbonyl (C=O) groups is 2. The van der Waals surface area contributed by atoms with E-state index in [4.69, 9.17) is 0 Å². The molecule has 2 aromatic carbocycles. The van der Waals surface area contributed by atoms with Crippen molar-refractivity contribution < 1.29 is 18.4 Å². The predicted molar refractivity (Wildman–Crippen MR) is 108 cm³/mol. The summed E-state index contributed by atoms with van der Waals surface area (Å²) < 4.78 is 28.4. The molecule has 3 aromatic rings. The van der Waals surface area contributed by atoms with Crippen molar-refractivity contribution in [2.75, 3.05) is 25.0 Å². The van der Waals surface area contributed by atoms with Crippen LogP contribution >= 0.6 is 0 Å². The summed E-state index contributed by atoms with van der Waals surface area (Å²) in [6.07, 6.45) is 3.72. The third-order valence-corrected chi connectivity index (χ3v) is 5.08. The minimum absolute atomic E-state index is 0.0234. The van der Waals surface area contributed by atoms with Crippen molar-refractivity contribution in [2.24, 2.45) is 0 Å². The van der Waals surface area contributed by atoms with Crippen LogP contribution in [0.15, 0.2) is 42.7 Å². The van der Waals surface area contributed by atoms with Crippen molar-refractivity contribution in [3.63, 3.8) is 0 Å². The second-order valence-electron chi connectivity index (χ2n) is 7.15. The summed E-state index contributed by atoms with van der Waals surface area (Å²) in [7, 11) is 0. The monoisotopic (exact) mass is 413 g/mol. The van der Waals surface area contributed by atoms with E-state index < -0.39 is 17.7 Å². The van der Waals surface area contributed by atoms with Crippen LogP contribution in [0.1, 0.15) is 23.2 Å². The number of imidazole rings is 1. The summed E-state index contributed by atoms with van der Waals surface area (Å²) >= 11 is 0. The average molecular weight is 413 g/mol. The lowest BCUT2D eigenvalue weighted by Crippen LogP contribution is -2.31. The molecule has 4 rings (SSSR count). The van der Waals surface area contributed by atoms with Crippen LogP contribution in [0.4, 0.5) is 19.3 Å². The molecule has 1 aromatic heterocycles. The van der Waals surface area contributed by atoms with Crippen LogP contribution in [-0.2, 0) is 6.54 Å². The molecule has 0 unspecified atom stereocenters. The smallest absolute Gasteiger partial charge is 0.319 e. The van der Waals surface area contributed by atoms with Gasteiger partial charge in [0, 0.05) is 37.8 Å². The lowest BCUT2D eigenvalue weighted by molar-refractivity contribution is 0.0793. The molecule has 9 heteroatoms. The minimum Gasteiger partial charge on any atom is -0.339 e. The fraction of sp³-hybridized carbons (Fsp3) is 0.286. The molecule has 7 nitrogen and oxygen atoms in total. The molecular weight excluding hydrogens is 392 g/mol. The second kappa shape index (κ2) is 8.48. The summed E-state index contributed by atoms with van der Waals surface area (Å²) in [6, 6.07) is 7.76. The summed E-state index contributed by atoms with van der Waals surface area (Å²) in [4.78, 5) is 30.7. The number of anilines is 1. The Morgan fingerprint density at radius 1 is 1.07 bits per heavy atom. The molecule has 2 heterocycles. The Labute approximate surface area is 171 Å². The van der Waals surface area contributed by atoms with Crippen molar-refractivity contribution in [2.45, 2.75) is 19.4 Å². The number of hydrogen-bond acceptors (Lipinski definition) is 3. The number of rotatable bonds is 5. The van der Waals surface area contributed by atoms with Crippen LogP contribution < -0.4 is 10.6 Å². The molecule has 1 fully saturated rings. The van der Waals surface area contributed by atoms with Gasteiger partial charge in [0.15, 0.2) is 0 Å². The van der Waals surface area contributed by atoms with Crippen LogP contribution in [0.3, 0.4) is 0 Å². The van der Waals surface area contributed by atoms with Gasteiger partial charge in [-0.2, -0.15) is 0 Å². The summed E-state index contributed by atoms with van der Waals surface area (Å²) in [6.45, 7) is 2.30. The highest BCUT2D eigenvalue weighted by Crippen LogP contribution is 2.18. The molecule has 0 saturated carbocycles.